The Kier molecular flexibility index (Phi) is 4.56. The van der Waals surface area contributed by atoms with Crippen LogP contribution in [-0.2, 0) is 9.53 Å². The molecule has 1 saturated heterocycles. The number of hydrogen-bond acceptors (Lipinski definition) is 5. The van der Waals surface area contributed by atoms with Gasteiger partial charge in [-0.3, -0.25) is 9.59 Å². The molecule has 0 bridgehead atoms. The van der Waals surface area contributed by atoms with Gasteiger partial charge in [0.1, 0.15) is 6.26 Å². The van der Waals surface area contributed by atoms with Crippen molar-refractivity contribution in [3.8, 4) is 0 Å². The second-order valence-electron chi connectivity index (χ2n) is 7.43. The van der Waals surface area contributed by atoms with Crippen molar-refractivity contribution in [3.05, 3.63) is 29.5 Å². The van der Waals surface area contributed by atoms with Crippen molar-refractivity contribution in [1.29, 1.82) is 0 Å². The van der Waals surface area contributed by atoms with Crippen LogP contribution in [0.3, 0.4) is 0 Å². The summed E-state index contributed by atoms with van der Waals surface area (Å²) in [5.41, 5.74) is 0.439. The van der Waals surface area contributed by atoms with E-state index < -0.39 is 11.4 Å². The van der Waals surface area contributed by atoms with E-state index in [0.29, 0.717) is 63.1 Å². The number of carboxylic acid groups (broad SMARTS) is 1. The average molecular weight is 360 g/mol. The third kappa shape index (κ3) is 2.94. The second-order valence-corrected chi connectivity index (χ2v) is 7.43. The quantitative estimate of drug-likeness (QED) is 0.830. The van der Waals surface area contributed by atoms with E-state index in [1.165, 1.54) is 12.7 Å². The predicted octanol–water partition coefficient (Wildman–Crippen LogP) is 2.60. The minimum atomic E-state index is -0.835. The zero-order valence-corrected chi connectivity index (χ0v) is 14.8. The van der Waals surface area contributed by atoms with Gasteiger partial charge in [0.2, 0.25) is 0 Å². The molecule has 1 N–H and O–H groups in total. The van der Waals surface area contributed by atoms with E-state index >= 15 is 0 Å². The second kappa shape index (κ2) is 6.87. The van der Waals surface area contributed by atoms with E-state index in [1.807, 2.05) is 6.08 Å². The molecule has 140 valence electrons. The number of carbonyl (C=O) groups excluding carboxylic acids is 1. The number of aromatic nitrogens is 1. The van der Waals surface area contributed by atoms with Gasteiger partial charge in [0, 0.05) is 32.2 Å². The molecule has 1 aliphatic carbocycles. The zero-order valence-electron chi connectivity index (χ0n) is 14.8. The maximum absolute atomic E-state index is 12.7. The number of carboxylic acids is 1. The Balaban J connectivity index is 1.45. The van der Waals surface area contributed by atoms with Crippen LogP contribution < -0.4 is 0 Å². The summed E-state index contributed by atoms with van der Waals surface area (Å²) in [7, 11) is 0. The van der Waals surface area contributed by atoms with Crippen LogP contribution in [0.25, 0.3) is 0 Å². The van der Waals surface area contributed by atoms with E-state index in [9.17, 15) is 14.7 Å². The molecule has 1 amide bonds. The van der Waals surface area contributed by atoms with Crippen LogP contribution in [0.5, 0.6) is 0 Å². The van der Waals surface area contributed by atoms with Gasteiger partial charge in [0.25, 0.3) is 5.91 Å². The van der Waals surface area contributed by atoms with Gasteiger partial charge in [-0.05, 0) is 32.1 Å². The third-order valence-corrected chi connectivity index (χ3v) is 6.06. The fraction of sp³-hybridized carbons (Fsp3) is 0.632. The Morgan fingerprint density at radius 1 is 1.27 bits per heavy atom. The van der Waals surface area contributed by atoms with Gasteiger partial charge < -0.3 is 19.2 Å². The first-order valence-electron chi connectivity index (χ1n) is 9.35. The summed E-state index contributed by atoms with van der Waals surface area (Å²) in [6.07, 6.45) is 8.26. The highest BCUT2D eigenvalue weighted by Gasteiger charge is 2.44. The van der Waals surface area contributed by atoms with Crippen molar-refractivity contribution in [2.75, 3.05) is 26.3 Å². The fourth-order valence-electron chi connectivity index (χ4n) is 4.07. The number of amides is 1. The Labute approximate surface area is 152 Å². The van der Waals surface area contributed by atoms with Crippen molar-refractivity contribution < 1.29 is 23.8 Å². The van der Waals surface area contributed by atoms with Gasteiger partial charge in [-0.15, -0.1) is 0 Å². The highest BCUT2D eigenvalue weighted by atomic mass is 16.5. The molecule has 0 atom stereocenters. The standard InChI is InChI=1S/C19H24N2O5/c22-17(15-12-26-16(20-15)13-2-1-3-13)21-8-4-14(5-9-21)19(18(23)24)6-10-25-11-7-19/h4,12-13H,1-3,5-11H2,(H,23,24). The van der Waals surface area contributed by atoms with Crippen LogP contribution in [-0.4, -0.2) is 53.2 Å². The predicted molar refractivity (Wildman–Crippen MR) is 91.8 cm³/mol. The molecule has 0 spiro atoms. The molecule has 1 aromatic heterocycles. The number of hydrogen-bond donors (Lipinski definition) is 1. The van der Waals surface area contributed by atoms with E-state index in [0.717, 1.165) is 18.4 Å². The summed E-state index contributed by atoms with van der Waals surface area (Å²) in [5.74, 6) is 0.0904. The smallest absolute Gasteiger partial charge is 0.313 e. The van der Waals surface area contributed by atoms with E-state index in [-0.39, 0.29) is 5.91 Å². The first kappa shape index (κ1) is 17.3. The van der Waals surface area contributed by atoms with Gasteiger partial charge in [0.15, 0.2) is 11.6 Å². The topological polar surface area (TPSA) is 92.9 Å². The molecule has 3 heterocycles. The highest BCUT2D eigenvalue weighted by molar-refractivity contribution is 5.92. The Bertz CT molecular complexity index is 728. The summed E-state index contributed by atoms with van der Waals surface area (Å²) in [4.78, 5) is 30.7. The Morgan fingerprint density at radius 3 is 2.62 bits per heavy atom. The number of carbonyl (C=O) groups is 2. The Morgan fingerprint density at radius 2 is 2.04 bits per heavy atom. The molecule has 1 saturated carbocycles. The van der Waals surface area contributed by atoms with Gasteiger partial charge in [-0.1, -0.05) is 18.1 Å². The zero-order chi connectivity index (χ0) is 18.1. The lowest BCUT2D eigenvalue weighted by molar-refractivity contribution is -0.151. The minimum absolute atomic E-state index is 0.147. The molecular formula is C19H24N2O5. The number of oxazole rings is 1. The summed E-state index contributed by atoms with van der Waals surface area (Å²) < 4.78 is 10.8. The molecule has 7 heteroatoms. The first-order chi connectivity index (χ1) is 12.6. The molecule has 0 radical (unpaired) electrons. The molecule has 1 aromatic rings. The monoisotopic (exact) mass is 360 g/mol. The van der Waals surface area contributed by atoms with Crippen molar-refractivity contribution in [2.45, 2.75) is 44.4 Å². The van der Waals surface area contributed by atoms with Gasteiger partial charge in [0.05, 0.1) is 5.41 Å². The minimum Gasteiger partial charge on any atom is -0.481 e. The molecule has 7 nitrogen and oxygen atoms in total. The first-order valence-corrected chi connectivity index (χ1v) is 9.35. The van der Waals surface area contributed by atoms with Crippen LogP contribution in [0.1, 0.15) is 60.8 Å². The lowest BCUT2D eigenvalue weighted by Crippen LogP contribution is -2.43. The highest BCUT2D eigenvalue weighted by Crippen LogP contribution is 2.41. The van der Waals surface area contributed by atoms with E-state index in [1.54, 1.807) is 4.90 Å². The van der Waals surface area contributed by atoms with Gasteiger partial charge in [-0.25, -0.2) is 4.98 Å². The van der Waals surface area contributed by atoms with Crippen LogP contribution in [0.2, 0.25) is 0 Å². The summed E-state index contributed by atoms with van der Waals surface area (Å²) in [5, 5.41) is 9.78. The van der Waals surface area contributed by atoms with Crippen LogP contribution in [0.15, 0.2) is 22.3 Å². The summed E-state index contributed by atoms with van der Waals surface area (Å²) in [6.45, 7) is 1.85. The van der Waals surface area contributed by atoms with Crippen LogP contribution in [0, 0.1) is 5.41 Å². The normalized spacial score (nSPS) is 23.2. The SMILES string of the molecule is O=C(c1coc(C2CCC2)n1)N1CC=C(C2(C(=O)O)CCOCC2)CC1. The largest absolute Gasteiger partial charge is 0.481 e. The summed E-state index contributed by atoms with van der Waals surface area (Å²) in [6, 6.07) is 0. The van der Waals surface area contributed by atoms with Gasteiger partial charge >= 0.3 is 5.97 Å². The van der Waals surface area contributed by atoms with Crippen molar-refractivity contribution in [3.63, 3.8) is 0 Å². The molecule has 2 aliphatic heterocycles. The van der Waals surface area contributed by atoms with E-state index in [2.05, 4.69) is 4.98 Å². The molecule has 3 aliphatic rings. The number of nitrogens with zero attached hydrogens (tertiary/aromatic N) is 2. The Hall–Kier alpha value is -2.15. The maximum Gasteiger partial charge on any atom is 0.313 e. The summed E-state index contributed by atoms with van der Waals surface area (Å²) >= 11 is 0. The lowest BCUT2D eigenvalue weighted by atomic mass is 9.71. The molecule has 26 heavy (non-hydrogen) atoms. The third-order valence-electron chi connectivity index (χ3n) is 6.06. The van der Waals surface area contributed by atoms with E-state index in [4.69, 9.17) is 9.15 Å². The molecule has 4 rings (SSSR count). The van der Waals surface area contributed by atoms with Crippen LogP contribution >= 0.6 is 0 Å². The lowest BCUT2D eigenvalue weighted by Gasteiger charge is -2.38. The average Bonchev–Trinajstić information content (AvgIpc) is 3.09. The number of aliphatic carboxylic acids is 1. The number of ether oxygens (including phenoxy) is 1. The van der Waals surface area contributed by atoms with Crippen molar-refractivity contribution in [2.24, 2.45) is 5.41 Å². The van der Waals surface area contributed by atoms with Crippen molar-refractivity contribution >= 4 is 11.9 Å². The molecular weight excluding hydrogens is 336 g/mol. The molecule has 2 fully saturated rings. The fourth-order valence-corrected chi connectivity index (χ4v) is 4.07. The van der Waals surface area contributed by atoms with Gasteiger partial charge in [-0.2, -0.15) is 0 Å². The number of rotatable bonds is 4. The van der Waals surface area contributed by atoms with Crippen molar-refractivity contribution in [1.82, 2.24) is 9.88 Å². The maximum atomic E-state index is 12.7. The molecule has 0 unspecified atom stereocenters. The van der Waals surface area contributed by atoms with Crippen LogP contribution in [0.4, 0.5) is 0 Å². The molecule has 0 aromatic carbocycles.